The Morgan fingerprint density at radius 2 is 1.80 bits per heavy atom. The van der Waals surface area contributed by atoms with E-state index in [1.165, 1.54) is 12.8 Å². The lowest BCUT2D eigenvalue weighted by molar-refractivity contribution is -0.861. The number of hydrogen-bond acceptors (Lipinski definition) is 1. The highest BCUT2D eigenvalue weighted by molar-refractivity contribution is 7.51. The van der Waals surface area contributed by atoms with E-state index in [-0.39, 0.29) is 5.48 Å². The van der Waals surface area contributed by atoms with Gasteiger partial charge in [-0.3, -0.25) is 0 Å². The molecule has 0 aromatic carbocycles. The largest absolute Gasteiger partial charge is 0.629 e. The van der Waals surface area contributed by atoms with E-state index in [0.29, 0.717) is 17.2 Å². The SMILES string of the molecule is CCCCCC/[P+]([O-])=C(\O)C[N+](C)(C)C. The summed E-state index contributed by atoms with van der Waals surface area (Å²) < 4.78 is 0.627. The molecule has 90 valence electrons. The number of likely N-dealkylation sites (N-methyl/N-ethyl adjacent to an activating group) is 1. The minimum Gasteiger partial charge on any atom is -0.629 e. The topological polar surface area (TPSA) is 43.3 Å². The predicted octanol–water partition coefficient (Wildman–Crippen LogP) is 1.53. The van der Waals surface area contributed by atoms with Crippen LogP contribution < -0.4 is 4.89 Å². The number of aliphatic hydroxyl groups is 1. The molecule has 0 saturated carbocycles. The zero-order valence-electron chi connectivity index (χ0n) is 10.5. The summed E-state index contributed by atoms with van der Waals surface area (Å²) in [5, 5.41) is 9.63. The summed E-state index contributed by atoms with van der Waals surface area (Å²) >= 11 is 0. The minimum absolute atomic E-state index is 0.175. The van der Waals surface area contributed by atoms with Crippen molar-refractivity contribution in [2.75, 3.05) is 33.8 Å². The average Bonchev–Trinajstić information content (AvgIpc) is 2.09. The Balaban J connectivity index is 3.93. The zero-order valence-corrected chi connectivity index (χ0v) is 11.4. The van der Waals surface area contributed by atoms with Crippen LogP contribution >= 0.6 is 7.77 Å². The number of quaternary nitrogens is 1. The third-order valence-electron chi connectivity index (χ3n) is 2.12. The predicted molar refractivity (Wildman–Crippen MR) is 65.8 cm³/mol. The summed E-state index contributed by atoms with van der Waals surface area (Å²) in [6, 6.07) is 0. The maximum atomic E-state index is 11.6. The van der Waals surface area contributed by atoms with E-state index in [2.05, 4.69) is 6.92 Å². The van der Waals surface area contributed by atoms with Crippen molar-refractivity contribution in [1.82, 2.24) is 0 Å². The van der Waals surface area contributed by atoms with Crippen molar-refractivity contribution in [1.29, 1.82) is 0 Å². The molecule has 0 saturated heterocycles. The monoisotopic (exact) mass is 234 g/mol. The summed E-state index contributed by atoms with van der Waals surface area (Å²) in [4.78, 5) is 11.6. The number of aliphatic hydroxyl groups excluding tert-OH is 1. The molecule has 0 radical (unpaired) electrons. The summed E-state index contributed by atoms with van der Waals surface area (Å²) in [5.74, 6) is 0. The van der Waals surface area contributed by atoms with Crippen LogP contribution in [0.15, 0.2) is 0 Å². The van der Waals surface area contributed by atoms with Crippen molar-refractivity contribution in [3.05, 3.63) is 0 Å². The van der Waals surface area contributed by atoms with Gasteiger partial charge in [0.05, 0.1) is 28.9 Å². The average molecular weight is 234 g/mol. The Hall–Kier alpha value is 0.0500. The lowest BCUT2D eigenvalue weighted by Crippen LogP contribution is -2.39. The molecule has 3 nitrogen and oxygen atoms in total. The van der Waals surface area contributed by atoms with Crippen LogP contribution in [0.5, 0.6) is 0 Å². The van der Waals surface area contributed by atoms with Gasteiger partial charge in [-0.15, -0.1) is 0 Å². The number of hydrogen-bond donors (Lipinski definition) is 1. The van der Waals surface area contributed by atoms with Gasteiger partial charge in [-0.2, -0.15) is 0 Å². The standard InChI is InChI=1S/C11H24NO2P/c1-5-6-7-8-9-15(14)11(13)10-12(2,3)4/h5-10H2,1-4H3/p+1. The van der Waals surface area contributed by atoms with Gasteiger partial charge in [-0.05, 0) is 12.8 Å². The van der Waals surface area contributed by atoms with Gasteiger partial charge >= 0.3 is 0 Å². The molecule has 0 aromatic heterocycles. The lowest BCUT2D eigenvalue weighted by atomic mass is 10.2. The van der Waals surface area contributed by atoms with Crippen LogP contribution in [-0.2, 0) is 0 Å². The first-order valence-corrected chi connectivity index (χ1v) is 7.11. The van der Waals surface area contributed by atoms with Gasteiger partial charge in [-0.1, -0.05) is 19.8 Å². The number of unbranched alkanes of at least 4 members (excludes halogenated alkanes) is 3. The first-order chi connectivity index (χ1) is 6.87. The van der Waals surface area contributed by atoms with E-state index in [0.717, 1.165) is 12.8 Å². The third-order valence-corrected chi connectivity index (χ3v) is 3.56. The van der Waals surface area contributed by atoms with Gasteiger partial charge in [0, 0.05) is 0 Å². The highest BCUT2D eigenvalue weighted by atomic mass is 31.1. The second kappa shape index (κ2) is 7.34. The molecule has 0 heterocycles. The van der Waals surface area contributed by atoms with Crippen LogP contribution in [0.4, 0.5) is 0 Å². The fourth-order valence-corrected chi connectivity index (χ4v) is 2.67. The van der Waals surface area contributed by atoms with Crippen LogP contribution in [-0.4, -0.2) is 48.9 Å². The fraction of sp³-hybridized carbons (Fsp3) is 0.909. The number of nitrogens with zero attached hydrogens (tertiary/aromatic N) is 1. The van der Waals surface area contributed by atoms with Gasteiger partial charge in [-0.25, -0.2) is 0 Å². The molecule has 0 spiro atoms. The molecule has 0 aliphatic carbocycles. The second-order valence-corrected chi connectivity index (χ2v) is 6.75. The quantitative estimate of drug-likeness (QED) is 0.412. The fourth-order valence-electron chi connectivity index (χ4n) is 1.31. The molecule has 0 bridgehead atoms. The third kappa shape index (κ3) is 9.01. The van der Waals surface area contributed by atoms with Gasteiger partial charge in [0.2, 0.25) is 0 Å². The summed E-state index contributed by atoms with van der Waals surface area (Å²) in [7, 11) is 4.43. The van der Waals surface area contributed by atoms with Crippen molar-refractivity contribution in [2.45, 2.75) is 32.6 Å². The molecular formula is C11H25NO2P+. The molecule has 0 amide bonds. The Morgan fingerprint density at radius 3 is 2.27 bits per heavy atom. The zero-order chi connectivity index (χ0) is 11.9. The molecular weight excluding hydrogens is 209 g/mol. The minimum atomic E-state index is -1.52. The highest BCUT2D eigenvalue weighted by Gasteiger charge is 2.16. The molecule has 15 heavy (non-hydrogen) atoms. The first kappa shape index (κ1) is 15.0. The molecule has 0 aromatic rings. The Morgan fingerprint density at radius 1 is 1.20 bits per heavy atom. The van der Waals surface area contributed by atoms with E-state index < -0.39 is 7.77 Å². The first-order valence-electron chi connectivity index (χ1n) is 5.66. The maximum absolute atomic E-state index is 11.6. The van der Waals surface area contributed by atoms with Crippen molar-refractivity contribution < 1.29 is 14.5 Å². The van der Waals surface area contributed by atoms with Gasteiger partial charge < -0.3 is 14.5 Å². The smallest absolute Gasteiger partial charge is 0.273 e. The van der Waals surface area contributed by atoms with E-state index in [1.54, 1.807) is 0 Å². The number of rotatable bonds is 7. The van der Waals surface area contributed by atoms with Crippen LogP contribution in [0.25, 0.3) is 0 Å². The van der Waals surface area contributed by atoms with Crippen molar-refractivity contribution in [3.63, 3.8) is 0 Å². The van der Waals surface area contributed by atoms with E-state index in [9.17, 15) is 10.00 Å². The van der Waals surface area contributed by atoms with Crippen molar-refractivity contribution >= 4 is 13.3 Å². The lowest BCUT2D eigenvalue weighted by Gasteiger charge is -2.22. The van der Waals surface area contributed by atoms with E-state index >= 15 is 0 Å². The molecule has 1 N–H and O–H groups in total. The van der Waals surface area contributed by atoms with Crippen LogP contribution in [0.2, 0.25) is 0 Å². The molecule has 1 atom stereocenters. The molecule has 0 aliphatic heterocycles. The Kier molecular flexibility index (Phi) is 7.37. The van der Waals surface area contributed by atoms with E-state index in [1.807, 2.05) is 21.1 Å². The van der Waals surface area contributed by atoms with Gasteiger partial charge in [0.1, 0.15) is 6.16 Å². The molecule has 0 fully saturated rings. The molecule has 1 unspecified atom stereocenters. The van der Waals surface area contributed by atoms with Crippen molar-refractivity contribution in [2.24, 2.45) is 0 Å². The maximum Gasteiger partial charge on any atom is 0.273 e. The molecule has 0 rings (SSSR count). The van der Waals surface area contributed by atoms with Crippen LogP contribution in [0.1, 0.15) is 32.6 Å². The van der Waals surface area contributed by atoms with Crippen LogP contribution in [0, 0.1) is 0 Å². The Labute approximate surface area is 94.8 Å². The van der Waals surface area contributed by atoms with Crippen LogP contribution in [0.3, 0.4) is 0 Å². The van der Waals surface area contributed by atoms with Gasteiger partial charge in [0.25, 0.3) is 5.48 Å². The summed E-state index contributed by atoms with van der Waals surface area (Å²) in [6.45, 7) is 2.64. The summed E-state index contributed by atoms with van der Waals surface area (Å²) in [6.07, 6.45) is 5.10. The molecule has 0 aliphatic rings. The normalized spacial score (nSPS) is 14.0. The van der Waals surface area contributed by atoms with Gasteiger partial charge in [0.15, 0.2) is 6.54 Å². The molecule has 4 heteroatoms. The summed E-state index contributed by atoms with van der Waals surface area (Å²) in [5.41, 5.74) is 0.175. The second-order valence-electron chi connectivity index (χ2n) is 5.03. The Bertz CT molecular complexity index is 209. The van der Waals surface area contributed by atoms with Crippen molar-refractivity contribution in [3.8, 4) is 0 Å². The highest BCUT2D eigenvalue weighted by Crippen LogP contribution is 2.17. The van der Waals surface area contributed by atoms with E-state index in [4.69, 9.17) is 0 Å².